The Kier molecular flexibility index (Phi) is 7.61. The third kappa shape index (κ3) is 5.53. The third-order valence-electron chi connectivity index (χ3n) is 6.14. The van der Waals surface area contributed by atoms with E-state index in [-0.39, 0.29) is 25.2 Å². The Hall–Kier alpha value is -2.92. The second kappa shape index (κ2) is 10.8. The molecule has 0 radical (unpaired) electrons. The van der Waals surface area contributed by atoms with Crippen molar-refractivity contribution in [2.75, 3.05) is 56.7 Å². The first kappa shape index (κ1) is 23.2. The van der Waals surface area contributed by atoms with Crippen LogP contribution in [0.25, 0.3) is 0 Å². The van der Waals surface area contributed by atoms with Gasteiger partial charge in [0.1, 0.15) is 23.8 Å². The SMILES string of the molecule is COc1cccc(NC(=O)NC[C@H]2O[C@@H](CO)[C@@H](O)[C@H]2N2CCN(c3ccccn3)CC2)c1. The zero-order valence-corrected chi connectivity index (χ0v) is 18.6. The molecule has 0 bridgehead atoms. The number of hydrogen-bond donors (Lipinski definition) is 4. The molecule has 178 valence electrons. The number of pyridine rings is 1. The Labute approximate surface area is 193 Å². The molecule has 0 unspecified atom stereocenters. The Morgan fingerprint density at radius 1 is 1.18 bits per heavy atom. The average molecular weight is 458 g/mol. The number of amides is 2. The average Bonchev–Trinajstić information content (AvgIpc) is 3.18. The summed E-state index contributed by atoms with van der Waals surface area (Å²) in [5, 5.41) is 26.1. The van der Waals surface area contributed by atoms with Crippen LogP contribution in [0.15, 0.2) is 48.7 Å². The van der Waals surface area contributed by atoms with Crippen LogP contribution in [-0.4, -0.2) is 96.9 Å². The molecule has 0 aliphatic carbocycles. The molecular weight excluding hydrogens is 426 g/mol. The normalized spacial score (nSPS) is 25.6. The monoisotopic (exact) mass is 457 g/mol. The van der Waals surface area contributed by atoms with Gasteiger partial charge >= 0.3 is 6.03 Å². The minimum absolute atomic E-state index is 0.203. The molecule has 4 rings (SSSR count). The van der Waals surface area contributed by atoms with Gasteiger partial charge in [0, 0.05) is 50.7 Å². The van der Waals surface area contributed by atoms with E-state index >= 15 is 0 Å². The quantitative estimate of drug-likeness (QED) is 0.475. The highest BCUT2D eigenvalue weighted by Gasteiger charge is 2.46. The van der Waals surface area contributed by atoms with Crippen LogP contribution in [-0.2, 0) is 4.74 Å². The number of aromatic nitrogens is 1. The molecule has 10 nitrogen and oxygen atoms in total. The Morgan fingerprint density at radius 2 is 2.00 bits per heavy atom. The molecule has 2 aliphatic heterocycles. The number of urea groups is 1. The number of benzene rings is 1. The maximum Gasteiger partial charge on any atom is 0.319 e. The number of hydrogen-bond acceptors (Lipinski definition) is 8. The fourth-order valence-electron chi connectivity index (χ4n) is 4.46. The number of aliphatic hydroxyl groups excluding tert-OH is 2. The van der Waals surface area contributed by atoms with Gasteiger partial charge in [-0.1, -0.05) is 12.1 Å². The van der Waals surface area contributed by atoms with E-state index in [0.717, 1.165) is 18.9 Å². The number of carbonyl (C=O) groups is 1. The van der Waals surface area contributed by atoms with Gasteiger partial charge in [-0.15, -0.1) is 0 Å². The maximum absolute atomic E-state index is 12.4. The van der Waals surface area contributed by atoms with Crippen LogP contribution in [0, 0.1) is 0 Å². The first-order chi connectivity index (χ1) is 16.1. The molecule has 1 aromatic heterocycles. The number of carbonyl (C=O) groups excluding carboxylic acids is 1. The van der Waals surface area contributed by atoms with Crippen molar-refractivity contribution in [2.45, 2.75) is 24.4 Å². The molecule has 4 N–H and O–H groups in total. The van der Waals surface area contributed by atoms with Crippen molar-refractivity contribution in [2.24, 2.45) is 0 Å². The summed E-state index contributed by atoms with van der Waals surface area (Å²) in [5.74, 6) is 1.58. The number of anilines is 2. The van der Waals surface area contributed by atoms with Gasteiger partial charge in [-0.2, -0.15) is 0 Å². The van der Waals surface area contributed by atoms with Crippen LogP contribution >= 0.6 is 0 Å². The minimum atomic E-state index is -0.843. The van der Waals surface area contributed by atoms with Crippen LogP contribution in [0.4, 0.5) is 16.3 Å². The Bertz CT molecular complexity index is 909. The molecule has 3 heterocycles. The largest absolute Gasteiger partial charge is 0.497 e. The van der Waals surface area contributed by atoms with E-state index in [4.69, 9.17) is 9.47 Å². The minimum Gasteiger partial charge on any atom is -0.497 e. The molecule has 0 spiro atoms. The van der Waals surface area contributed by atoms with Crippen LogP contribution in [0.1, 0.15) is 0 Å². The van der Waals surface area contributed by atoms with Gasteiger partial charge in [0.05, 0.1) is 25.9 Å². The van der Waals surface area contributed by atoms with E-state index in [1.165, 1.54) is 0 Å². The lowest BCUT2D eigenvalue weighted by Gasteiger charge is -2.40. The summed E-state index contributed by atoms with van der Waals surface area (Å²) in [6.45, 7) is 2.88. The zero-order chi connectivity index (χ0) is 23.2. The Morgan fingerprint density at radius 3 is 2.70 bits per heavy atom. The summed E-state index contributed by atoms with van der Waals surface area (Å²) < 4.78 is 11.1. The van der Waals surface area contributed by atoms with Gasteiger partial charge in [-0.05, 0) is 24.3 Å². The van der Waals surface area contributed by atoms with Gasteiger partial charge in [-0.3, -0.25) is 4.90 Å². The third-order valence-corrected chi connectivity index (χ3v) is 6.14. The number of rotatable bonds is 7. The van der Waals surface area contributed by atoms with Gasteiger partial charge in [0.15, 0.2) is 0 Å². The van der Waals surface area contributed by atoms with Crippen LogP contribution < -0.4 is 20.3 Å². The van der Waals surface area contributed by atoms with Crippen LogP contribution in [0.5, 0.6) is 5.75 Å². The van der Waals surface area contributed by atoms with E-state index < -0.39 is 18.3 Å². The smallest absolute Gasteiger partial charge is 0.319 e. The molecule has 2 aliphatic rings. The fourth-order valence-corrected chi connectivity index (χ4v) is 4.46. The van der Waals surface area contributed by atoms with E-state index in [1.54, 1.807) is 37.6 Å². The summed E-state index contributed by atoms with van der Waals surface area (Å²) in [4.78, 5) is 21.2. The summed E-state index contributed by atoms with van der Waals surface area (Å²) >= 11 is 0. The molecule has 2 saturated heterocycles. The highest BCUT2D eigenvalue weighted by Crippen LogP contribution is 2.27. The zero-order valence-electron chi connectivity index (χ0n) is 18.6. The van der Waals surface area contributed by atoms with Crippen LogP contribution in [0.2, 0.25) is 0 Å². The first-order valence-electron chi connectivity index (χ1n) is 11.1. The topological polar surface area (TPSA) is 119 Å². The van der Waals surface area contributed by atoms with E-state index in [2.05, 4.69) is 25.4 Å². The van der Waals surface area contributed by atoms with Crippen molar-refractivity contribution in [1.29, 1.82) is 0 Å². The highest BCUT2D eigenvalue weighted by atomic mass is 16.5. The molecule has 10 heteroatoms. The summed E-state index contributed by atoms with van der Waals surface area (Å²) in [7, 11) is 1.57. The summed E-state index contributed by atoms with van der Waals surface area (Å²) in [5.41, 5.74) is 0.606. The van der Waals surface area contributed by atoms with E-state index in [0.29, 0.717) is 24.5 Å². The lowest BCUT2D eigenvalue weighted by atomic mass is 10.0. The number of aliphatic hydroxyl groups is 2. The molecule has 4 atom stereocenters. The molecule has 2 amide bonds. The standard InChI is InChI=1S/C23H31N5O5/c1-32-17-6-4-5-16(13-17)26-23(31)25-14-18-21(22(30)19(15-29)33-18)28-11-9-27(10-12-28)20-7-2-3-8-24-20/h2-8,13,18-19,21-22,29-30H,9-12,14-15H2,1H3,(H2,25,26,31)/t18-,19+,21+,22-/m1/s1. The van der Waals surface area contributed by atoms with Crippen molar-refractivity contribution in [1.82, 2.24) is 15.2 Å². The summed E-state index contributed by atoms with van der Waals surface area (Å²) in [6.07, 6.45) is -0.197. The van der Waals surface area contributed by atoms with Gasteiger partial charge in [0.25, 0.3) is 0 Å². The number of nitrogens with zero attached hydrogens (tertiary/aromatic N) is 3. The number of methoxy groups -OCH3 is 1. The molecule has 1 aromatic carbocycles. The van der Waals surface area contributed by atoms with Crippen molar-refractivity contribution in [3.8, 4) is 5.75 Å². The van der Waals surface area contributed by atoms with Gasteiger partial charge in [-0.25, -0.2) is 9.78 Å². The highest BCUT2D eigenvalue weighted by molar-refractivity contribution is 5.89. The lowest BCUT2D eigenvalue weighted by molar-refractivity contribution is -0.0205. The molecule has 2 fully saturated rings. The fraction of sp³-hybridized carbons (Fsp3) is 0.478. The van der Waals surface area contributed by atoms with Crippen molar-refractivity contribution in [3.05, 3.63) is 48.7 Å². The number of ether oxygens (including phenoxy) is 2. The molecule has 0 saturated carbocycles. The van der Waals surface area contributed by atoms with Gasteiger partial charge < -0.3 is 35.2 Å². The predicted molar refractivity (Wildman–Crippen MR) is 124 cm³/mol. The second-order valence-corrected chi connectivity index (χ2v) is 8.15. The lowest BCUT2D eigenvalue weighted by Crippen LogP contribution is -2.57. The second-order valence-electron chi connectivity index (χ2n) is 8.15. The number of piperazine rings is 1. The van der Waals surface area contributed by atoms with Crippen molar-refractivity contribution >= 4 is 17.5 Å². The molecule has 33 heavy (non-hydrogen) atoms. The molecular formula is C23H31N5O5. The van der Waals surface area contributed by atoms with E-state index in [9.17, 15) is 15.0 Å². The number of nitrogens with one attached hydrogen (secondary N) is 2. The van der Waals surface area contributed by atoms with E-state index in [1.807, 2.05) is 18.2 Å². The van der Waals surface area contributed by atoms with Crippen molar-refractivity contribution in [3.63, 3.8) is 0 Å². The van der Waals surface area contributed by atoms with Crippen LogP contribution in [0.3, 0.4) is 0 Å². The summed E-state index contributed by atoms with van der Waals surface area (Å²) in [6, 6.07) is 12.2. The molecule has 2 aromatic rings. The maximum atomic E-state index is 12.4. The van der Waals surface area contributed by atoms with Gasteiger partial charge in [0.2, 0.25) is 0 Å². The first-order valence-corrected chi connectivity index (χ1v) is 11.1. The predicted octanol–water partition coefficient (Wildman–Crippen LogP) is 0.523. The Balaban J connectivity index is 1.35. The van der Waals surface area contributed by atoms with Crippen molar-refractivity contribution < 1.29 is 24.5 Å².